The highest BCUT2D eigenvalue weighted by molar-refractivity contribution is 6.07. The summed E-state index contributed by atoms with van der Waals surface area (Å²) in [5, 5.41) is 16.3. The number of anilines is 2. The molecule has 0 aliphatic heterocycles. The number of aromatic nitrogens is 4. The second-order valence-corrected chi connectivity index (χ2v) is 6.21. The maximum atomic E-state index is 12.6. The molecule has 0 atom stereocenters. The zero-order valence-corrected chi connectivity index (χ0v) is 14.9. The van der Waals surface area contributed by atoms with E-state index in [1.54, 1.807) is 60.9 Å². The molecule has 0 aliphatic rings. The molecule has 3 N–H and O–H groups in total. The van der Waals surface area contributed by atoms with Crippen LogP contribution in [-0.4, -0.2) is 32.2 Å². The van der Waals surface area contributed by atoms with Crippen LogP contribution in [0.5, 0.6) is 0 Å². The van der Waals surface area contributed by atoms with Crippen molar-refractivity contribution in [3.63, 3.8) is 0 Å². The number of pyridine rings is 1. The summed E-state index contributed by atoms with van der Waals surface area (Å²) in [6.07, 6.45) is 3.11. The quantitative estimate of drug-likeness (QED) is 0.509. The molecule has 0 aliphatic carbocycles. The number of nitrogens with one attached hydrogen (secondary N) is 3. The molecule has 2 amide bonds. The monoisotopic (exact) mass is 372 g/mol. The first-order chi connectivity index (χ1) is 13.6. The molecule has 4 aromatic rings. The predicted octanol–water partition coefficient (Wildman–Crippen LogP) is 3.17. The van der Waals surface area contributed by atoms with Gasteiger partial charge in [0.25, 0.3) is 11.8 Å². The van der Waals surface area contributed by atoms with Gasteiger partial charge >= 0.3 is 0 Å². The van der Waals surface area contributed by atoms with Crippen molar-refractivity contribution < 1.29 is 9.59 Å². The van der Waals surface area contributed by atoms with Crippen molar-refractivity contribution in [2.75, 3.05) is 10.6 Å². The summed E-state index contributed by atoms with van der Waals surface area (Å²) in [5.74, 6) is -0.524. The molecule has 8 heteroatoms. The summed E-state index contributed by atoms with van der Waals surface area (Å²) in [7, 11) is 0. The average Bonchev–Trinajstić information content (AvgIpc) is 3.18. The van der Waals surface area contributed by atoms with Crippen molar-refractivity contribution in [3.05, 3.63) is 77.6 Å². The van der Waals surface area contributed by atoms with Crippen LogP contribution in [0.4, 0.5) is 11.4 Å². The minimum atomic E-state index is -0.273. The fourth-order valence-electron chi connectivity index (χ4n) is 2.84. The van der Waals surface area contributed by atoms with E-state index in [1.807, 2.05) is 6.92 Å². The van der Waals surface area contributed by atoms with Gasteiger partial charge < -0.3 is 10.6 Å². The number of carbonyl (C=O) groups excluding carboxylic acids is 2. The Morgan fingerprint density at radius 2 is 1.54 bits per heavy atom. The topological polar surface area (TPSA) is 113 Å². The third kappa shape index (κ3) is 3.56. The lowest BCUT2D eigenvalue weighted by molar-refractivity contribution is 0.101. The molecule has 0 fully saturated rings. The van der Waals surface area contributed by atoms with Crippen molar-refractivity contribution in [1.82, 2.24) is 20.4 Å². The summed E-state index contributed by atoms with van der Waals surface area (Å²) < 4.78 is 0. The Labute approximate surface area is 160 Å². The van der Waals surface area contributed by atoms with Crippen LogP contribution >= 0.6 is 0 Å². The van der Waals surface area contributed by atoms with Crippen LogP contribution in [0.3, 0.4) is 0 Å². The largest absolute Gasteiger partial charge is 0.322 e. The van der Waals surface area contributed by atoms with Gasteiger partial charge in [-0.1, -0.05) is 6.07 Å². The highest BCUT2D eigenvalue weighted by Gasteiger charge is 2.12. The fourth-order valence-corrected chi connectivity index (χ4v) is 2.84. The van der Waals surface area contributed by atoms with Gasteiger partial charge in [0.2, 0.25) is 0 Å². The van der Waals surface area contributed by atoms with Gasteiger partial charge in [-0.3, -0.25) is 14.6 Å². The Hall–Kier alpha value is -4.07. The van der Waals surface area contributed by atoms with Crippen molar-refractivity contribution in [2.45, 2.75) is 6.92 Å². The van der Waals surface area contributed by atoms with Crippen molar-refractivity contribution in [3.8, 4) is 0 Å². The van der Waals surface area contributed by atoms with E-state index in [-0.39, 0.29) is 11.8 Å². The molecule has 0 spiro atoms. The van der Waals surface area contributed by atoms with Crippen molar-refractivity contribution in [1.29, 1.82) is 0 Å². The van der Waals surface area contributed by atoms with Crippen LogP contribution < -0.4 is 10.6 Å². The number of nitrogens with zero attached hydrogens (tertiary/aromatic N) is 3. The molecule has 0 radical (unpaired) electrons. The second-order valence-electron chi connectivity index (χ2n) is 6.21. The molecule has 8 nitrogen and oxygen atoms in total. The van der Waals surface area contributed by atoms with Gasteiger partial charge in [-0.05, 0) is 55.0 Å². The van der Waals surface area contributed by atoms with Crippen molar-refractivity contribution >= 4 is 34.2 Å². The van der Waals surface area contributed by atoms with Gasteiger partial charge in [0, 0.05) is 34.9 Å². The first kappa shape index (κ1) is 17.3. The number of rotatable bonds is 4. The van der Waals surface area contributed by atoms with Crippen LogP contribution in [-0.2, 0) is 0 Å². The third-order valence-electron chi connectivity index (χ3n) is 4.20. The molecular formula is C20H16N6O2. The van der Waals surface area contributed by atoms with E-state index >= 15 is 0 Å². The number of benzene rings is 2. The Balaban J connectivity index is 1.51. The smallest absolute Gasteiger partial charge is 0.255 e. The molecule has 0 saturated heterocycles. The van der Waals surface area contributed by atoms with E-state index in [1.165, 1.54) is 0 Å². The first-order valence-electron chi connectivity index (χ1n) is 8.54. The summed E-state index contributed by atoms with van der Waals surface area (Å²) in [6, 6.07) is 13.6. The Morgan fingerprint density at radius 1 is 0.857 bits per heavy atom. The van der Waals surface area contributed by atoms with Crippen LogP contribution in [0.1, 0.15) is 26.3 Å². The van der Waals surface area contributed by atoms with E-state index in [0.29, 0.717) is 28.0 Å². The van der Waals surface area contributed by atoms with E-state index in [4.69, 9.17) is 0 Å². The van der Waals surface area contributed by atoms with E-state index in [2.05, 4.69) is 31.0 Å². The van der Waals surface area contributed by atoms with Gasteiger partial charge in [-0.2, -0.15) is 15.4 Å². The number of amides is 2. The average molecular weight is 372 g/mol. The molecule has 4 rings (SSSR count). The van der Waals surface area contributed by atoms with Gasteiger partial charge in [0.15, 0.2) is 0 Å². The van der Waals surface area contributed by atoms with Crippen molar-refractivity contribution in [2.24, 2.45) is 0 Å². The zero-order chi connectivity index (χ0) is 19.5. The van der Waals surface area contributed by atoms with Crippen LogP contribution in [0.2, 0.25) is 0 Å². The maximum absolute atomic E-state index is 12.6. The Kier molecular flexibility index (Phi) is 4.51. The lowest BCUT2D eigenvalue weighted by Gasteiger charge is -2.09. The number of fused-ring (bicyclic) bond motifs is 1. The summed E-state index contributed by atoms with van der Waals surface area (Å²) in [5.41, 5.74) is 4.33. The standard InChI is InChI=1S/C20H16N6O2/c1-12-9-14(10-17-18(12)25-26-24-17)20(28)23-16-4-2-3-15(11-16)22-19(27)13-5-7-21-8-6-13/h2-11H,1H3,(H,22,27)(H,23,28)(H,24,25,26). The molecule has 0 saturated carbocycles. The van der Waals surface area contributed by atoms with E-state index < -0.39 is 0 Å². The third-order valence-corrected chi connectivity index (χ3v) is 4.20. The highest BCUT2D eigenvalue weighted by Crippen LogP contribution is 2.20. The molecule has 0 unspecified atom stereocenters. The van der Waals surface area contributed by atoms with Gasteiger partial charge in [0.05, 0.1) is 0 Å². The lowest BCUT2D eigenvalue weighted by Crippen LogP contribution is -2.14. The molecule has 2 heterocycles. The minimum absolute atomic E-state index is 0.252. The molecule has 138 valence electrons. The van der Waals surface area contributed by atoms with Gasteiger partial charge in [-0.15, -0.1) is 0 Å². The Bertz CT molecular complexity index is 1170. The first-order valence-corrected chi connectivity index (χ1v) is 8.54. The summed E-state index contributed by atoms with van der Waals surface area (Å²) >= 11 is 0. The number of carbonyl (C=O) groups is 2. The lowest BCUT2D eigenvalue weighted by atomic mass is 10.1. The fraction of sp³-hybridized carbons (Fsp3) is 0.0500. The Morgan fingerprint density at radius 3 is 2.25 bits per heavy atom. The molecular weight excluding hydrogens is 356 g/mol. The highest BCUT2D eigenvalue weighted by atomic mass is 16.2. The molecule has 28 heavy (non-hydrogen) atoms. The summed E-state index contributed by atoms with van der Waals surface area (Å²) in [6.45, 7) is 1.87. The summed E-state index contributed by atoms with van der Waals surface area (Å²) in [4.78, 5) is 28.8. The molecule has 2 aromatic heterocycles. The normalized spacial score (nSPS) is 10.6. The maximum Gasteiger partial charge on any atom is 0.255 e. The number of hydrogen-bond donors (Lipinski definition) is 3. The number of hydrogen-bond acceptors (Lipinski definition) is 5. The number of aromatic amines is 1. The van der Waals surface area contributed by atoms with E-state index in [0.717, 1.165) is 11.1 Å². The van der Waals surface area contributed by atoms with Gasteiger partial charge in [0.1, 0.15) is 11.0 Å². The van der Waals surface area contributed by atoms with Crippen LogP contribution in [0, 0.1) is 6.92 Å². The SMILES string of the molecule is Cc1cc(C(=O)Nc2cccc(NC(=O)c3ccncc3)c2)cc2n[nH]nc12. The molecule has 0 bridgehead atoms. The minimum Gasteiger partial charge on any atom is -0.322 e. The van der Waals surface area contributed by atoms with Crippen LogP contribution in [0.15, 0.2) is 60.9 Å². The number of H-pyrrole nitrogens is 1. The second kappa shape index (κ2) is 7.28. The predicted molar refractivity (Wildman–Crippen MR) is 105 cm³/mol. The van der Waals surface area contributed by atoms with Crippen LogP contribution in [0.25, 0.3) is 11.0 Å². The number of aryl methyl sites for hydroxylation is 1. The van der Waals surface area contributed by atoms with E-state index in [9.17, 15) is 9.59 Å². The molecule has 2 aromatic carbocycles. The zero-order valence-electron chi connectivity index (χ0n) is 14.9. The van der Waals surface area contributed by atoms with Gasteiger partial charge in [-0.25, -0.2) is 0 Å².